The Kier molecular flexibility index (Phi) is 4.36. The number of benzene rings is 1. The Bertz CT molecular complexity index is 934. The molecule has 8 nitrogen and oxygen atoms in total. The first kappa shape index (κ1) is 16.5. The lowest BCUT2D eigenvalue weighted by Crippen LogP contribution is -2.10. The molecular weight excluding hydrogens is 316 g/mol. The highest BCUT2D eigenvalue weighted by atomic mass is 15.3. The van der Waals surface area contributed by atoms with E-state index in [1.807, 2.05) is 18.2 Å². The number of nitrogens with zero attached hydrogens (tertiary/aromatic N) is 3. The third-order valence-corrected chi connectivity index (χ3v) is 3.96. The summed E-state index contributed by atoms with van der Waals surface area (Å²) in [6.45, 7) is 4.06. The lowest BCUT2D eigenvalue weighted by molar-refractivity contribution is 0.643. The molecule has 0 aliphatic carbocycles. The van der Waals surface area contributed by atoms with Crippen LogP contribution in [-0.4, -0.2) is 33.0 Å². The van der Waals surface area contributed by atoms with E-state index in [9.17, 15) is 0 Å². The summed E-state index contributed by atoms with van der Waals surface area (Å²) in [7, 11) is 1.80. The number of H-pyrrole nitrogens is 1. The maximum absolute atomic E-state index is 7.78. The number of nitrogens with one attached hydrogen (secondary N) is 3. The summed E-state index contributed by atoms with van der Waals surface area (Å²) >= 11 is 0. The van der Waals surface area contributed by atoms with Crippen molar-refractivity contribution in [2.75, 3.05) is 12.4 Å². The average molecular weight is 336 g/mol. The van der Waals surface area contributed by atoms with Gasteiger partial charge in [-0.25, -0.2) is 9.67 Å². The first-order valence-corrected chi connectivity index (χ1v) is 7.67. The molecule has 0 fully saturated rings. The van der Waals surface area contributed by atoms with Gasteiger partial charge in [0.2, 0.25) is 0 Å². The van der Waals surface area contributed by atoms with E-state index in [1.165, 1.54) is 6.21 Å². The Morgan fingerprint density at radius 2 is 2.28 bits per heavy atom. The van der Waals surface area contributed by atoms with Crippen molar-refractivity contribution >= 4 is 17.6 Å². The molecule has 8 heteroatoms. The minimum Gasteiger partial charge on any atom is -0.399 e. The standard InChI is InChI=1S/C17H20N8/c1-10(20)11-5-12(13(7-18)14(6-11)21-2)15-8-22-17(24-15)16-3-4-23-25(16)9-19/h3-8,18,21H,1,9,19-20H2,2H3,(H,22,24). The number of nitrogens with two attached hydrogens (primary N) is 2. The van der Waals surface area contributed by atoms with Crippen LogP contribution in [0.25, 0.3) is 28.5 Å². The van der Waals surface area contributed by atoms with Crippen molar-refractivity contribution in [1.82, 2.24) is 19.7 Å². The van der Waals surface area contributed by atoms with E-state index < -0.39 is 0 Å². The van der Waals surface area contributed by atoms with Gasteiger partial charge in [-0.3, -0.25) is 0 Å². The van der Waals surface area contributed by atoms with E-state index in [0.717, 1.165) is 33.8 Å². The quantitative estimate of drug-likeness (QED) is 0.438. The molecule has 25 heavy (non-hydrogen) atoms. The van der Waals surface area contributed by atoms with Crippen molar-refractivity contribution in [1.29, 1.82) is 5.41 Å². The molecule has 0 aliphatic rings. The molecule has 0 bridgehead atoms. The van der Waals surface area contributed by atoms with Crippen LogP contribution in [0, 0.1) is 5.41 Å². The number of hydrogen-bond acceptors (Lipinski definition) is 6. The highest BCUT2D eigenvalue weighted by molar-refractivity contribution is 5.96. The number of aromatic nitrogens is 4. The van der Waals surface area contributed by atoms with Gasteiger partial charge in [-0.05, 0) is 23.8 Å². The summed E-state index contributed by atoms with van der Waals surface area (Å²) in [6, 6.07) is 5.60. The molecule has 0 aliphatic heterocycles. The maximum Gasteiger partial charge on any atom is 0.156 e. The Labute approximate surface area is 145 Å². The molecule has 7 N–H and O–H groups in total. The normalized spacial score (nSPS) is 10.6. The van der Waals surface area contributed by atoms with Crippen molar-refractivity contribution < 1.29 is 0 Å². The smallest absolute Gasteiger partial charge is 0.156 e. The molecule has 2 aromatic heterocycles. The van der Waals surface area contributed by atoms with E-state index in [-0.39, 0.29) is 6.67 Å². The summed E-state index contributed by atoms with van der Waals surface area (Å²) in [4.78, 5) is 7.70. The summed E-state index contributed by atoms with van der Waals surface area (Å²) in [5.74, 6) is 0.650. The first-order valence-electron chi connectivity index (χ1n) is 7.67. The van der Waals surface area contributed by atoms with E-state index in [4.69, 9.17) is 16.9 Å². The van der Waals surface area contributed by atoms with Crippen LogP contribution in [0.1, 0.15) is 11.1 Å². The van der Waals surface area contributed by atoms with Crippen LogP contribution >= 0.6 is 0 Å². The largest absolute Gasteiger partial charge is 0.399 e. The van der Waals surface area contributed by atoms with Crippen LogP contribution in [0.2, 0.25) is 0 Å². The van der Waals surface area contributed by atoms with Crippen molar-refractivity contribution in [3.63, 3.8) is 0 Å². The Morgan fingerprint density at radius 3 is 2.92 bits per heavy atom. The van der Waals surface area contributed by atoms with Gasteiger partial charge in [0.25, 0.3) is 0 Å². The maximum atomic E-state index is 7.78. The van der Waals surface area contributed by atoms with Gasteiger partial charge in [0, 0.05) is 42.0 Å². The van der Waals surface area contributed by atoms with Crippen LogP contribution in [0.5, 0.6) is 0 Å². The van der Waals surface area contributed by atoms with Gasteiger partial charge in [0.1, 0.15) is 5.69 Å². The molecule has 0 spiro atoms. The zero-order valence-electron chi connectivity index (χ0n) is 13.9. The first-order chi connectivity index (χ1) is 12.1. The zero-order chi connectivity index (χ0) is 18.0. The van der Waals surface area contributed by atoms with E-state index in [1.54, 1.807) is 24.1 Å². The highest BCUT2D eigenvalue weighted by Gasteiger charge is 2.15. The van der Waals surface area contributed by atoms with Crippen LogP contribution in [0.15, 0.2) is 37.2 Å². The predicted octanol–water partition coefficient (Wildman–Crippen LogP) is 1.83. The van der Waals surface area contributed by atoms with Crippen LogP contribution in [-0.2, 0) is 6.67 Å². The van der Waals surface area contributed by atoms with E-state index >= 15 is 0 Å². The number of aromatic amines is 1. The molecular formula is C17H20N8. The fourth-order valence-electron chi connectivity index (χ4n) is 2.69. The zero-order valence-corrected chi connectivity index (χ0v) is 13.9. The molecule has 0 unspecified atom stereocenters. The molecule has 0 amide bonds. The summed E-state index contributed by atoms with van der Waals surface area (Å²) in [5, 5.41) is 15.0. The van der Waals surface area contributed by atoms with Crippen molar-refractivity contribution in [2.24, 2.45) is 11.5 Å². The second-order valence-electron chi connectivity index (χ2n) is 5.45. The van der Waals surface area contributed by atoms with Crippen molar-refractivity contribution in [2.45, 2.75) is 6.67 Å². The van der Waals surface area contributed by atoms with Gasteiger partial charge in [0.15, 0.2) is 5.82 Å². The van der Waals surface area contributed by atoms with E-state index in [0.29, 0.717) is 11.5 Å². The van der Waals surface area contributed by atoms with Gasteiger partial charge < -0.3 is 27.2 Å². The van der Waals surface area contributed by atoms with E-state index in [2.05, 4.69) is 27.0 Å². The minimum absolute atomic E-state index is 0.260. The molecule has 3 aromatic rings. The fourth-order valence-corrected chi connectivity index (χ4v) is 2.69. The molecule has 0 saturated heterocycles. The summed E-state index contributed by atoms with van der Waals surface area (Å²) in [5.41, 5.74) is 16.7. The van der Waals surface area contributed by atoms with Gasteiger partial charge in [-0.2, -0.15) is 5.10 Å². The van der Waals surface area contributed by atoms with Gasteiger partial charge in [-0.1, -0.05) is 6.58 Å². The molecule has 3 rings (SSSR count). The predicted molar refractivity (Wildman–Crippen MR) is 100 cm³/mol. The Morgan fingerprint density at radius 1 is 1.48 bits per heavy atom. The third-order valence-electron chi connectivity index (χ3n) is 3.96. The Balaban J connectivity index is 2.15. The minimum atomic E-state index is 0.260. The number of hydrogen-bond donors (Lipinski definition) is 5. The second-order valence-corrected chi connectivity index (χ2v) is 5.45. The van der Waals surface area contributed by atoms with Gasteiger partial charge in [0.05, 0.1) is 18.6 Å². The third kappa shape index (κ3) is 2.90. The van der Waals surface area contributed by atoms with Crippen LogP contribution in [0.3, 0.4) is 0 Å². The lowest BCUT2D eigenvalue weighted by Gasteiger charge is -2.13. The molecule has 1 aromatic carbocycles. The van der Waals surface area contributed by atoms with Gasteiger partial charge >= 0.3 is 0 Å². The Hall–Kier alpha value is -3.39. The van der Waals surface area contributed by atoms with Crippen LogP contribution in [0.4, 0.5) is 5.69 Å². The number of rotatable bonds is 6. The summed E-state index contributed by atoms with van der Waals surface area (Å²) in [6.07, 6.45) is 4.69. The van der Waals surface area contributed by atoms with Crippen LogP contribution < -0.4 is 16.8 Å². The molecule has 0 radical (unpaired) electrons. The monoisotopic (exact) mass is 336 g/mol. The molecule has 128 valence electrons. The average Bonchev–Trinajstić information content (AvgIpc) is 3.28. The number of anilines is 1. The lowest BCUT2D eigenvalue weighted by atomic mass is 9.99. The topological polar surface area (TPSA) is 134 Å². The molecule has 0 atom stereocenters. The van der Waals surface area contributed by atoms with Crippen molar-refractivity contribution in [3.05, 3.63) is 48.3 Å². The highest BCUT2D eigenvalue weighted by Crippen LogP contribution is 2.31. The summed E-state index contributed by atoms with van der Waals surface area (Å²) < 4.78 is 1.65. The molecule has 0 saturated carbocycles. The SMILES string of the molecule is C=C(N)c1cc(NC)c(C=N)c(-c2cnc(-c3ccnn3CN)[nH]2)c1. The van der Waals surface area contributed by atoms with Gasteiger partial charge in [-0.15, -0.1) is 0 Å². The number of imidazole rings is 1. The second kappa shape index (κ2) is 6.62. The van der Waals surface area contributed by atoms with Crippen molar-refractivity contribution in [3.8, 4) is 22.8 Å². The molecule has 2 heterocycles. The fraction of sp³-hybridized carbons (Fsp3) is 0.118.